The van der Waals surface area contributed by atoms with E-state index in [9.17, 15) is 9.59 Å². The average Bonchev–Trinajstić information content (AvgIpc) is 3.06. The number of halogens is 1. The Bertz CT molecular complexity index is 1180. The van der Waals surface area contributed by atoms with Gasteiger partial charge in [0.1, 0.15) is 0 Å². The number of hydrogen-bond acceptors (Lipinski definition) is 6. The fourth-order valence-corrected chi connectivity index (χ4v) is 5.13. The van der Waals surface area contributed by atoms with Crippen molar-refractivity contribution in [1.29, 1.82) is 0 Å². The van der Waals surface area contributed by atoms with Crippen molar-refractivity contribution in [3.05, 3.63) is 73.5 Å². The number of methoxy groups -OCH3 is 1. The zero-order valence-electron chi connectivity index (χ0n) is 18.4. The first-order chi connectivity index (χ1) is 15.4. The lowest BCUT2D eigenvalue weighted by molar-refractivity contribution is -0.136. The Morgan fingerprint density at radius 2 is 1.78 bits per heavy atom. The number of fused-ring (bicyclic) bond motifs is 2. The zero-order chi connectivity index (χ0) is 23.0. The Labute approximate surface area is 200 Å². The van der Waals surface area contributed by atoms with E-state index in [1.54, 1.807) is 0 Å². The molecule has 1 atom stereocenters. The number of rotatable bonds is 6. The van der Waals surface area contributed by atoms with Gasteiger partial charge in [-0.1, -0.05) is 24.3 Å². The summed E-state index contributed by atoms with van der Waals surface area (Å²) >= 11 is 2.20. The SMILES string of the molecule is CCOc1cc([C@H]2C(C(=O)OC)=C(C)NC3=C2C(=O)c2ccccc23)cc(I)c1OCC. The van der Waals surface area contributed by atoms with Gasteiger partial charge in [0.15, 0.2) is 17.3 Å². The lowest BCUT2D eigenvalue weighted by Crippen LogP contribution is -2.29. The Balaban J connectivity index is 1.96. The number of nitrogens with one attached hydrogen (secondary N) is 1. The van der Waals surface area contributed by atoms with Crippen LogP contribution in [0.1, 0.15) is 48.2 Å². The highest BCUT2D eigenvalue weighted by Gasteiger charge is 2.43. The fourth-order valence-electron chi connectivity index (χ4n) is 4.34. The molecule has 0 bridgehead atoms. The summed E-state index contributed by atoms with van der Waals surface area (Å²) in [6.45, 7) is 6.61. The standard InChI is InChI=1S/C25H24INO5/c1-5-31-18-12-14(11-17(26)24(18)32-6-2)20-19(25(29)30-4)13(3)27-22-15-9-7-8-10-16(15)23(28)21(20)22/h7-12,20,27H,5-6H2,1-4H3/t20-/m0/s1. The largest absolute Gasteiger partial charge is 0.490 e. The summed E-state index contributed by atoms with van der Waals surface area (Å²) < 4.78 is 17.6. The molecule has 7 heteroatoms. The van der Waals surface area contributed by atoms with Gasteiger partial charge in [-0.05, 0) is 61.1 Å². The van der Waals surface area contributed by atoms with Gasteiger partial charge in [0.2, 0.25) is 0 Å². The van der Waals surface area contributed by atoms with Gasteiger partial charge >= 0.3 is 5.97 Å². The van der Waals surface area contributed by atoms with Gasteiger partial charge < -0.3 is 19.5 Å². The first kappa shape index (κ1) is 22.4. The van der Waals surface area contributed by atoms with Crippen molar-refractivity contribution in [2.45, 2.75) is 26.7 Å². The molecule has 1 aliphatic heterocycles. The summed E-state index contributed by atoms with van der Waals surface area (Å²) in [4.78, 5) is 26.4. The first-order valence-corrected chi connectivity index (χ1v) is 11.5. The van der Waals surface area contributed by atoms with Crippen molar-refractivity contribution >= 4 is 40.0 Å². The van der Waals surface area contributed by atoms with E-state index in [0.29, 0.717) is 47.1 Å². The molecule has 0 aromatic heterocycles. The number of hydrogen-bond donors (Lipinski definition) is 1. The van der Waals surface area contributed by atoms with Crippen molar-refractivity contribution in [3.8, 4) is 11.5 Å². The summed E-state index contributed by atoms with van der Waals surface area (Å²) in [5, 5.41) is 3.30. The summed E-state index contributed by atoms with van der Waals surface area (Å²) in [6, 6.07) is 11.3. The smallest absolute Gasteiger partial charge is 0.336 e. The second-order valence-corrected chi connectivity index (χ2v) is 8.61. The van der Waals surface area contributed by atoms with Gasteiger partial charge in [0.25, 0.3) is 0 Å². The van der Waals surface area contributed by atoms with Gasteiger partial charge in [0.05, 0.1) is 35.2 Å². The molecular weight excluding hydrogens is 521 g/mol. The molecule has 2 aromatic rings. The van der Waals surface area contributed by atoms with E-state index in [0.717, 1.165) is 20.4 Å². The van der Waals surface area contributed by atoms with Crippen LogP contribution in [0.5, 0.6) is 11.5 Å². The van der Waals surface area contributed by atoms with Gasteiger partial charge in [-0.3, -0.25) is 4.79 Å². The minimum Gasteiger partial charge on any atom is -0.490 e. The summed E-state index contributed by atoms with van der Waals surface area (Å²) in [5.74, 6) is 0.0768. The normalized spacial score (nSPS) is 17.0. The number of allylic oxidation sites excluding steroid dienone is 2. The number of esters is 1. The van der Waals surface area contributed by atoms with Crippen LogP contribution in [-0.4, -0.2) is 32.1 Å². The molecule has 1 N–H and O–H groups in total. The van der Waals surface area contributed by atoms with Crippen molar-refractivity contribution in [1.82, 2.24) is 5.32 Å². The Kier molecular flexibility index (Phi) is 6.28. The summed E-state index contributed by atoms with van der Waals surface area (Å²) in [5.41, 5.74) is 4.59. The van der Waals surface area contributed by atoms with E-state index in [1.165, 1.54) is 7.11 Å². The number of Topliss-reactive ketones (excluding diaryl/α,β-unsaturated/α-hetero) is 1. The van der Waals surface area contributed by atoms with E-state index in [1.807, 2.05) is 57.2 Å². The first-order valence-electron chi connectivity index (χ1n) is 10.5. The second kappa shape index (κ2) is 8.97. The number of ketones is 1. The van der Waals surface area contributed by atoms with Crippen LogP contribution >= 0.6 is 22.6 Å². The molecule has 166 valence electrons. The molecule has 0 radical (unpaired) electrons. The molecule has 32 heavy (non-hydrogen) atoms. The molecule has 2 aromatic carbocycles. The average molecular weight is 545 g/mol. The van der Waals surface area contributed by atoms with Gasteiger partial charge in [0, 0.05) is 28.3 Å². The highest BCUT2D eigenvalue weighted by molar-refractivity contribution is 14.1. The maximum Gasteiger partial charge on any atom is 0.336 e. The monoisotopic (exact) mass is 545 g/mol. The van der Waals surface area contributed by atoms with Gasteiger partial charge in [-0.2, -0.15) is 0 Å². The fraction of sp³-hybridized carbons (Fsp3) is 0.280. The van der Waals surface area contributed by atoms with Crippen LogP contribution in [0.2, 0.25) is 0 Å². The highest BCUT2D eigenvalue weighted by atomic mass is 127. The van der Waals surface area contributed by atoms with Crippen molar-refractivity contribution in [2.24, 2.45) is 0 Å². The van der Waals surface area contributed by atoms with Gasteiger partial charge in [-0.25, -0.2) is 4.79 Å². The van der Waals surface area contributed by atoms with Crippen LogP contribution in [-0.2, 0) is 9.53 Å². The second-order valence-electron chi connectivity index (χ2n) is 7.45. The van der Waals surface area contributed by atoms with Crippen LogP contribution in [0.3, 0.4) is 0 Å². The topological polar surface area (TPSA) is 73.9 Å². The van der Waals surface area contributed by atoms with E-state index in [2.05, 4.69) is 27.9 Å². The van der Waals surface area contributed by atoms with Crippen LogP contribution < -0.4 is 14.8 Å². The molecule has 0 amide bonds. The number of carbonyl (C=O) groups is 2. The lowest BCUT2D eigenvalue weighted by atomic mass is 9.79. The molecule has 0 fully saturated rings. The van der Waals surface area contributed by atoms with Crippen LogP contribution in [0, 0.1) is 3.57 Å². The number of ether oxygens (including phenoxy) is 3. The van der Waals surface area contributed by atoms with E-state index in [-0.39, 0.29) is 5.78 Å². The quantitative estimate of drug-likeness (QED) is 0.414. The highest BCUT2D eigenvalue weighted by Crippen LogP contribution is 2.48. The number of benzene rings is 2. The summed E-state index contributed by atoms with van der Waals surface area (Å²) in [7, 11) is 1.35. The van der Waals surface area contributed by atoms with Crippen molar-refractivity contribution in [2.75, 3.05) is 20.3 Å². The number of carbonyl (C=O) groups excluding carboxylic acids is 2. The zero-order valence-corrected chi connectivity index (χ0v) is 20.5. The molecule has 1 heterocycles. The van der Waals surface area contributed by atoms with E-state index in [4.69, 9.17) is 14.2 Å². The molecule has 2 aliphatic rings. The predicted molar refractivity (Wildman–Crippen MR) is 130 cm³/mol. The Hall–Kier alpha value is -2.81. The number of dihydropyridines is 1. The maximum atomic E-state index is 13.5. The molecule has 4 rings (SSSR count). The van der Waals surface area contributed by atoms with Gasteiger partial charge in [-0.15, -0.1) is 0 Å². The van der Waals surface area contributed by atoms with Crippen LogP contribution in [0.15, 0.2) is 53.2 Å². The molecular formula is C25H24INO5. The molecule has 0 saturated carbocycles. The molecule has 0 spiro atoms. The Morgan fingerprint density at radius 1 is 1.09 bits per heavy atom. The summed E-state index contributed by atoms with van der Waals surface area (Å²) in [6.07, 6.45) is 0. The minimum atomic E-state index is -0.595. The third-order valence-corrected chi connectivity index (χ3v) is 6.41. The minimum absolute atomic E-state index is 0.0937. The Morgan fingerprint density at radius 3 is 2.44 bits per heavy atom. The van der Waals surface area contributed by atoms with Crippen molar-refractivity contribution in [3.63, 3.8) is 0 Å². The van der Waals surface area contributed by atoms with Crippen molar-refractivity contribution < 1.29 is 23.8 Å². The molecule has 0 saturated heterocycles. The third kappa shape index (κ3) is 3.58. The molecule has 1 aliphatic carbocycles. The van der Waals surface area contributed by atoms with Crippen LogP contribution in [0.4, 0.5) is 0 Å². The molecule has 6 nitrogen and oxygen atoms in total. The van der Waals surface area contributed by atoms with Crippen LogP contribution in [0.25, 0.3) is 5.70 Å². The van der Waals surface area contributed by atoms with E-state index >= 15 is 0 Å². The predicted octanol–water partition coefficient (Wildman–Crippen LogP) is 4.83. The van der Waals surface area contributed by atoms with E-state index < -0.39 is 11.9 Å². The maximum absolute atomic E-state index is 13.5. The molecule has 0 unspecified atom stereocenters. The lowest BCUT2D eigenvalue weighted by Gasteiger charge is -2.29. The third-order valence-electron chi connectivity index (χ3n) is 5.61.